The van der Waals surface area contributed by atoms with Crippen molar-refractivity contribution in [2.45, 2.75) is 26.3 Å². The summed E-state index contributed by atoms with van der Waals surface area (Å²) < 4.78 is 10.4. The molecule has 0 spiro atoms. The number of carbonyl (C=O) groups excluding carboxylic acids is 1. The van der Waals surface area contributed by atoms with Gasteiger partial charge in [0.1, 0.15) is 0 Å². The molecule has 116 valence electrons. The third-order valence-electron chi connectivity index (χ3n) is 3.10. The molecule has 1 rings (SSSR count). The van der Waals surface area contributed by atoms with Crippen LogP contribution in [0.1, 0.15) is 19.4 Å². The number of hydrogen-bond donors (Lipinski definition) is 2. The van der Waals surface area contributed by atoms with E-state index >= 15 is 0 Å². The molecule has 0 saturated carbocycles. The van der Waals surface area contributed by atoms with E-state index in [4.69, 9.17) is 27.4 Å². The third-order valence-corrected chi connectivity index (χ3v) is 3.36. The highest BCUT2D eigenvalue weighted by atomic mass is 32.1. The highest BCUT2D eigenvalue weighted by Crippen LogP contribution is 2.27. The summed E-state index contributed by atoms with van der Waals surface area (Å²) in [5, 5.41) is 2.85. The molecule has 1 aromatic carbocycles. The molecule has 0 aliphatic heterocycles. The second-order valence-corrected chi connectivity index (χ2v) is 5.53. The van der Waals surface area contributed by atoms with Crippen molar-refractivity contribution in [2.24, 2.45) is 11.7 Å². The summed E-state index contributed by atoms with van der Waals surface area (Å²) in [4.78, 5) is 12.4. The van der Waals surface area contributed by atoms with Crippen LogP contribution >= 0.6 is 12.2 Å². The Bertz CT molecular complexity index is 518. The van der Waals surface area contributed by atoms with E-state index < -0.39 is 0 Å². The van der Waals surface area contributed by atoms with Crippen molar-refractivity contribution in [3.8, 4) is 11.5 Å². The first kappa shape index (κ1) is 17.2. The average Bonchev–Trinajstić information content (AvgIpc) is 2.43. The Balaban J connectivity index is 2.77. The van der Waals surface area contributed by atoms with Gasteiger partial charge in [0.25, 0.3) is 0 Å². The van der Waals surface area contributed by atoms with E-state index in [0.717, 1.165) is 5.56 Å². The Kier molecular flexibility index (Phi) is 6.42. The molecule has 1 unspecified atom stereocenters. The second kappa shape index (κ2) is 7.83. The van der Waals surface area contributed by atoms with Crippen LogP contribution < -0.4 is 20.5 Å². The number of rotatable bonds is 7. The molecule has 0 radical (unpaired) electrons. The molecule has 0 aliphatic carbocycles. The molecule has 0 aromatic heterocycles. The molecular formula is C15H22N2O3S. The number of ether oxygens (including phenoxy) is 2. The first-order valence-corrected chi connectivity index (χ1v) is 7.09. The maximum Gasteiger partial charge on any atom is 0.224 e. The number of hydrogen-bond acceptors (Lipinski definition) is 4. The standard InChI is InChI=1S/C15H22N2O3S/c1-9(2)14(15(16)21)17-13(18)8-10-5-6-11(19-3)12(7-10)20-4/h5-7,9,14H,8H2,1-4H3,(H2,16,21)(H,17,18). The van der Waals surface area contributed by atoms with Crippen LogP contribution in [0, 0.1) is 5.92 Å². The Labute approximate surface area is 130 Å². The summed E-state index contributed by atoms with van der Waals surface area (Å²) in [6.07, 6.45) is 0.228. The lowest BCUT2D eigenvalue weighted by Gasteiger charge is -2.21. The lowest BCUT2D eigenvalue weighted by Crippen LogP contribution is -2.47. The smallest absolute Gasteiger partial charge is 0.224 e. The fourth-order valence-electron chi connectivity index (χ4n) is 1.97. The molecule has 1 atom stereocenters. The van der Waals surface area contributed by atoms with Gasteiger partial charge in [0.2, 0.25) is 5.91 Å². The Morgan fingerprint density at radius 3 is 2.38 bits per heavy atom. The van der Waals surface area contributed by atoms with Crippen LogP contribution in [0.4, 0.5) is 0 Å². The van der Waals surface area contributed by atoms with Crippen molar-refractivity contribution in [1.29, 1.82) is 0 Å². The quantitative estimate of drug-likeness (QED) is 0.750. The molecular weight excluding hydrogens is 288 g/mol. The first-order valence-electron chi connectivity index (χ1n) is 6.68. The summed E-state index contributed by atoms with van der Waals surface area (Å²) >= 11 is 4.98. The number of benzene rings is 1. The highest BCUT2D eigenvalue weighted by Gasteiger charge is 2.19. The monoisotopic (exact) mass is 310 g/mol. The van der Waals surface area contributed by atoms with E-state index in [1.165, 1.54) is 0 Å². The average molecular weight is 310 g/mol. The van der Waals surface area contributed by atoms with Crippen LogP contribution in [0.5, 0.6) is 11.5 Å². The van der Waals surface area contributed by atoms with E-state index in [0.29, 0.717) is 16.5 Å². The fraction of sp³-hybridized carbons (Fsp3) is 0.467. The van der Waals surface area contributed by atoms with Gasteiger partial charge >= 0.3 is 0 Å². The molecule has 0 heterocycles. The second-order valence-electron chi connectivity index (χ2n) is 5.06. The van der Waals surface area contributed by atoms with Crippen molar-refractivity contribution >= 4 is 23.1 Å². The number of nitrogens with one attached hydrogen (secondary N) is 1. The van der Waals surface area contributed by atoms with Gasteiger partial charge < -0.3 is 20.5 Å². The van der Waals surface area contributed by atoms with Crippen LogP contribution in [-0.2, 0) is 11.2 Å². The predicted octanol–water partition coefficient (Wildman–Crippen LogP) is 1.67. The fourth-order valence-corrected chi connectivity index (χ4v) is 2.30. The minimum atomic E-state index is -0.298. The molecule has 0 saturated heterocycles. The van der Waals surface area contributed by atoms with Gasteiger partial charge in [0.05, 0.1) is 31.7 Å². The number of thiocarbonyl (C=S) groups is 1. The van der Waals surface area contributed by atoms with E-state index in [1.807, 2.05) is 19.9 Å². The van der Waals surface area contributed by atoms with Crippen molar-refractivity contribution in [2.75, 3.05) is 14.2 Å². The molecule has 3 N–H and O–H groups in total. The van der Waals surface area contributed by atoms with E-state index in [2.05, 4.69) is 5.32 Å². The zero-order chi connectivity index (χ0) is 16.0. The molecule has 0 bridgehead atoms. The summed E-state index contributed by atoms with van der Waals surface area (Å²) in [7, 11) is 3.13. The maximum atomic E-state index is 12.1. The number of nitrogens with two attached hydrogens (primary N) is 1. The molecule has 1 aromatic rings. The van der Waals surface area contributed by atoms with Gasteiger partial charge in [-0.1, -0.05) is 32.1 Å². The molecule has 1 amide bonds. The van der Waals surface area contributed by atoms with E-state index in [1.54, 1.807) is 26.4 Å². The number of methoxy groups -OCH3 is 2. The highest BCUT2D eigenvalue weighted by molar-refractivity contribution is 7.80. The van der Waals surface area contributed by atoms with Gasteiger partial charge in [0, 0.05) is 0 Å². The third kappa shape index (κ3) is 4.90. The van der Waals surface area contributed by atoms with Crippen molar-refractivity contribution in [3.05, 3.63) is 23.8 Å². The lowest BCUT2D eigenvalue weighted by molar-refractivity contribution is -0.120. The minimum Gasteiger partial charge on any atom is -0.493 e. The number of amides is 1. The summed E-state index contributed by atoms with van der Waals surface area (Å²) in [5.74, 6) is 1.24. The van der Waals surface area contributed by atoms with Crippen LogP contribution in [0.15, 0.2) is 18.2 Å². The zero-order valence-corrected chi connectivity index (χ0v) is 13.6. The Hall–Kier alpha value is -1.82. The van der Waals surface area contributed by atoms with Gasteiger partial charge in [-0.05, 0) is 23.6 Å². The zero-order valence-electron chi connectivity index (χ0n) is 12.8. The van der Waals surface area contributed by atoms with Crippen molar-refractivity contribution in [3.63, 3.8) is 0 Å². The Morgan fingerprint density at radius 1 is 1.29 bits per heavy atom. The van der Waals surface area contributed by atoms with Crippen molar-refractivity contribution in [1.82, 2.24) is 5.32 Å². The van der Waals surface area contributed by atoms with Gasteiger partial charge in [-0.25, -0.2) is 0 Å². The number of carbonyl (C=O) groups is 1. The molecule has 21 heavy (non-hydrogen) atoms. The lowest BCUT2D eigenvalue weighted by atomic mass is 10.0. The Morgan fingerprint density at radius 2 is 1.90 bits per heavy atom. The van der Waals surface area contributed by atoms with Crippen molar-refractivity contribution < 1.29 is 14.3 Å². The summed E-state index contributed by atoms with van der Waals surface area (Å²) in [6, 6.07) is 5.08. The maximum absolute atomic E-state index is 12.1. The SMILES string of the molecule is COc1ccc(CC(=O)NC(C(N)=S)C(C)C)cc1OC. The molecule has 5 nitrogen and oxygen atoms in total. The first-order chi connectivity index (χ1) is 9.88. The summed E-state index contributed by atoms with van der Waals surface area (Å²) in [5.41, 5.74) is 6.47. The topological polar surface area (TPSA) is 73.6 Å². The largest absolute Gasteiger partial charge is 0.493 e. The van der Waals surface area contributed by atoms with E-state index in [9.17, 15) is 4.79 Å². The molecule has 0 fully saturated rings. The minimum absolute atomic E-state index is 0.131. The molecule has 0 aliphatic rings. The van der Waals surface area contributed by atoms with Gasteiger partial charge in [-0.2, -0.15) is 0 Å². The summed E-state index contributed by atoms with van der Waals surface area (Å²) in [6.45, 7) is 3.92. The normalized spacial score (nSPS) is 11.9. The van der Waals surface area contributed by atoms with E-state index in [-0.39, 0.29) is 24.3 Å². The van der Waals surface area contributed by atoms with Crippen LogP contribution in [0.2, 0.25) is 0 Å². The van der Waals surface area contributed by atoms with Gasteiger partial charge in [-0.3, -0.25) is 4.79 Å². The predicted molar refractivity (Wildman–Crippen MR) is 86.8 cm³/mol. The van der Waals surface area contributed by atoms with Crippen LogP contribution in [0.3, 0.4) is 0 Å². The van der Waals surface area contributed by atoms with Gasteiger partial charge in [0.15, 0.2) is 11.5 Å². The van der Waals surface area contributed by atoms with Crippen LogP contribution in [-0.4, -0.2) is 31.2 Å². The van der Waals surface area contributed by atoms with Gasteiger partial charge in [-0.15, -0.1) is 0 Å². The van der Waals surface area contributed by atoms with Crippen LogP contribution in [0.25, 0.3) is 0 Å². The molecule has 6 heteroatoms.